The number of rotatable bonds is 10. The SMILES string of the molecule is COC(=O)c1ccc(NC(=O)Cc2cccc(CC(C)(C)NC[C@H](O)c3ccc(N)nc3)c2)cc1O. The van der Waals surface area contributed by atoms with Gasteiger partial charge in [0.1, 0.15) is 17.1 Å². The first-order chi connectivity index (χ1) is 17.1. The predicted octanol–water partition coefficient (Wildman–Crippen LogP) is 2.98. The van der Waals surface area contributed by atoms with Gasteiger partial charge in [0.15, 0.2) is 0 Å². The van der Waals surface area contributed by atoms with Crippen LogP contribution in [0.4, 0.5) is 11.5 Å². The van der Waals surface area contributed by atoms with E-state index < -0.39 is 12.1 Å². The molecule has 1 amide bonds. The van der Waals surface area contributed by atoms with E-state index in [0.29, 0.717) is 30.0 Å². The second-order valence-corrected chi connectivity index (χ2v) is 9.24. The van der Waals surface area contributed by atoms with Crippen molar-refractivity contribution in [1.29, 1.82) is 0 Å². The van der Waals surface area contributed by atoms with E-state index in [2.05, 4.69) is 20.4 Å². The molecule has 0 saturated carbocycles. The number of nitrogens with one attached hydrogen (secondary N) is 2. The van der Waals surface area contributed by atoms with Gasteiger partial charge in [0.2, 0.25) is 5.91 Å². The summed E-state index contributed by atoms with van der Waals surface area (Å²) in [7, 11) is 1.23. The Balaban J connectivity index is 1.56. The van der Waals surface area contributed by atoms with Crippen LogP contribution in [0.2, 0.25) is 0 Å². The Morgan fingerprint density at radius 1 is 1.11 bits per heavy atom. The van der Waals surface area contributed by atoms with Gasteiger partial charge in [-0.3, -0.25) is 4.79 Å². The van der Waals surface area contributed by atoms with Crippen molar-refractivity contribution < 1.29 is 24.5 Å². The maximum absolute atomic E-state index is 12.6. The number of ether oxygens (including phenoxy) is 1. The molecule has 0 aliphatic heterocycles. The van der Waals surface area contributed by atoms with Crippen LogP contribution in [0.15, 0.2) is 60.8 Å². The van der Waals surface area contributed by atoms with Gasteiger partial charge in [-0.25, -0.2) is 9.78 Å². The summed E-state index contributed by atoms with van der Waals surface area (Å²) in [6.45, 7) is 4.44. The summed E-state index contributed by atoms with van der Waals surface area (Å²) in [6, 6.07) is 15.4. The monoisotopic (exact) mass is 492 g/mol. The summed E-state index contributed by atoms with van der Waals surface area (Å²) in [5.74, 6) is -0.775. The molecule has 2 aromatic carbocycles. The molecule has 0 saturated heterocycles. The number of nitrogens with two attached hydrogens (primary N) is 1. The number of anilines is 2. The summed E-state index contributed by atoms with van der Waals surface area (Å²) >= 11 is 0. The van der Waals surface area contributed by atoms with Crippen molar-refractivity contribution in [3.63, 3.8) is 0 Å². The Labute approximate surface area is 210 Å². The highest BCUT2D eigenvalue weighted by Crippen LogP contribution is 2.23. The number of nitrogen functional groups attached to an aromatic ring is 1. The fourth-order valence-corrected chi connectivity index (χ4v) is 3.81. The molecule has 9 nitrogen and oxygen atoms in total. The van der Waals surface area contributed by atoms with E-state index in [0.717, 1.165) is 11.1 Å². The standard InChI is InChI=1S/C27H32N4O5/c1-27(2,30-16-23(33)19-7-10-24(28)29-15-19)14-18-6-4-5-17(11-18)12-25(34)31-20-8-9-21(22(32)13-20)26(35)36-3/h4-11,13,15,23,30,32-33H,12,14,16H2,1-3H3,(H2,28,29)(H,31,34)/t23-/m0/s1. The number of aliphatic hydroxyl groups excluding tert-OH is 1. The van der Waals surface area contributed by atoms with Crippen molar-refractivity contribution in [2.75, 3.05) is 24.7 Å². The van der Waals surface area contributed by atoms with Crippen LogP contribution in [0.1, 0.15) is 47.0 Å². The number of phenols is 1. The molecule has 0 radical (unpaired) electrons. The summed E-state index contributed by atoms with van der Waals surface area (Å²) in [5.41, 5.74) is 8.26. The zero-order valence-electron chi connectivity index (χ0n) is 20.6. The molecule has 1 heterocycles. The molecule has 190 valence electrons. The van der Waals surface area contributed by atoms with E-state index in [1.54, 1.807) is 18.3 Å². The van der Waals surface area contributed by atoms with Crippen molar-refractivity contribution in [3.05, 3.63) is 83.0 Å². The first-order valence-electron chi connectivity index (χ1n) is 11.5. The van der Waals surface area contributed by atoms with Crippen LogP contribution in [-0.4, -0.2) is 46.3 Å². The Bertz CT molecular complexity index is 1210. The first kappa shape index (κ1) is 26.7. The van der Waals surface area contributed by atoms with Crippen LogP contribution >= 0.6 is 0 Å². The fraction of sp³-hybridized carbons (Fsp3) is 0.296. The summed E-state index contributed by atoms with van der Waals surface area (Å²) in [5, 5.41) is 26.6. The Morgan fingerprint density at radius 3 is 2.53 bits per heavy atom. The number of phenolic OH excluding ortho intramolecular Hbond substituents is 1. The lowest BCUT2D eigenvalue weighted by Crippen LogP contribution is -2.43. The molecule has 9 heteroatoms. The van der Waals surface area contributed by atoms with Gasteiger partial charge in [0.25, 0.3) is 0 Å². The van der Waals surface area contributed by atoms with E-state index in [-0.39, 0.29) is 29.2 Å². The van der Waals surface area contributed by atoms with Gasteiger partial charge in [-0.1, -0.05) is 30.3 Å². The molecule has 0 bridgehead atoms. The number of aliphatic hydroxyl groups is 1. The minimum atomic E-state index is -0.714. The van der Waals surface area contributed by atoms with Crippen LogP contribution in [-0.2, 0) is 22.4 Å². The number of nitrogens with zero attached hydrogens (tertiary/aromatic N) is 1. The van der Waals surface area contributed by atoms with Gasteiger partial charge in [0, 0.05) is 35.6 Å². The molecule has 3 aromatic rings. The van der Waals surface area contributed by atoms with Gasteiger partial charge in [-0.2, -0.15) is 0 Å². The summed E-state index contributed by atoms with van der Waals surface area (Å²) in [6.07, 6.45) is 1.67. The molecule has 0 fully saturated rings. The highest BCUT2D eigenvalue weighted by molar-refractivity contribution is 5.95. The van der Waals surface area contributed by atoms with Crippen molar-refractivity contribution in [1.82, 2.24) is 10.3 Å². The van der Waals surface area contributed by atoms with Crippen LogP contribution in [0.25, 0.3) is 0 Å². The second kappa shape index (κ2) is 11.7. The number of esters is 1. The van der Waals surface area contributed by atoms with Gasteiger partial charge in [-0.05, 0) is 49.6 Å². The average Bonchev–Trinajstić information content (AvgIpc) is 2.82. The maximum Gasteiger partial charge on any atom is 0.341 e. The minimum absolute atomic E-state index is 0.0251. The first-order valence-corrected chi connectivity index (χ1v) is 11.5. The quantitative estimate of drug-likeness (QED) is 0.272. The lowest BCUT2D eigenvalue weighted by Gasteiger charge is -2.28. The van der Waals surface area contributed by atoms with E-state index in [4.69, 9.17) is 5.73 Å². The number of methoxy groups -OCH3 is 1. The zero-order chi connectivity index (χ0) is 26.3. The number of aromatic hydroxyl groups is 1. The lowest BCUT2D eigenvalue weighted by atomic mass is 9.93. The molecule has 0 aliphatic carbocycles. The molecule has 1 aromatic heterocycles. The number of pyridine rings is 1. The Morgan fingerprint density at radius 2 is 1.86 bits per heavy atom. The Hall–Kier alpha value is -3.95. The average molecular weight is 493 g/mol. The molecular weight excluding hydrogens is 460 g/mol. The number of carbonyl (C=O) groups is 2. The van der Waals surface area contributed by atoms with Crippen LogP contribution in [0, 0.1) is 0 Å². The van der Waals surface area contributed by atoms with E-state index in [1.165, 1.54) is 25.3 Å². The summed E-state index contributed by atoms with van der Waals surface area (Å²) < 4.78 is 4.60. The van der Waals surface area contributed by atoms with Crippen LogP contribution < -0.4 is 16.4 Å². The topological polar surface area (TPSA) is 147 Å². The van der Waals surface area contributed by atoms with Gasteiger partial charge in [-0.15, -0.1) is 0 Å². The highest BCUT2D eigenvalue weighted by atomic mass is 16.5. The number of hydrogen-bond donors (Lipinski definition) is 5. The third-order valence-electron chi connectivity index (χ3n) is 5.66. The predicted molar refractivity (Wildman–Crippen MR) is 138 cm³/mol. The number of aromatic nitrogens is 1. The van der Waals surface area contributed by atoms with Crippen molar-refractivity contribution in [2.24, 2.45) is 0 Å². The third kappa shape index (κ3) is 7.53. The molecule has 0 spiro atoms. The number of benzene rings is 2. The summed E-state index contributed by atoms with van der Waals surface area (Å²) in [4.78, 5) is 28.2. The molecular formula is C27H32N4O5. The molecule has 3 rings (SSSR count). The molecule has 0 unspecified atom stereocenters. The number of carbonyl (C=O) groups excluding carboxylic acids is 2. The number of β-amino-alcohol motifs (C(OH)–C–C–N with tert-alkyl or cyclic N) is 1. The van der Waals surface area contributed by atoms with Gasteiger partial charge < -0.3 is 31.3 Å². The fourth-order valence-electron chi connectivity index (χ4n) is 3.81. The molecule has 1 atom stereocenters. The highest BCUT2D eigenvalue weighted by Gasteiger charge is 2.20. The Kier molecular flexibility index (Phi) is 8.63. The zero-order valence-corrected chi connectivity index (χ0v) is 20.6. The molecule has 36 heavy (non-hydrogen) atoms. The van der Waals surface area contributed by atoms with Gasteiger partial charge in [0.05, 0.1) is 19.6 Å². The van der Waals surface area contributed by atoms with E-state index in [1.807, 2.05) is 38.1 Å². The maximum atomic E-state index is 12.6. The van der Waals surface area contributed by atoms with E-state index in [9.17, 15) is 19.8 Å². The number of amides is 1. The van der Waals surface area contributed by atoms with Crippen LogP contribution in [0.3, 0.4) is 0 Å². The van der Waals surface area contributed by atoms with Crippen molar-refractivity contribution in [2.45, 2.75) is 38.3 Å². The minimum Gasteiger partial charge on any atom is -0.507 e. The second-order valence-electron chi connectivity index (χ2n) is 9.24. The molecule has 0 aliphatic rings. The third-order valence-corrected chi connectivity index (χ3v) is 5.66. The van der Waals surface area contributed by atoms with Crippen molar-refractivity contribution >= 4 is 23.4 Å². The van der Waals surface area contributed by atoms with Crippen LogP contribution in [0.5, 0.6) is 5.75 Å². The van der Waals surface area contributed by atoms with E-state index >= 15 is 0 Å². The van der Waals surface area contributed by atoms with Gasteiger partial charge >= 0.3 is 5.97 Å². The number of hydrogen-bond acceptors (Lipinski definition) is 8. The normalized spacial score (nSPS) is 12.1. The van der Waals surface area contributed by atoms with Crippen molar-refractivity contribution in [3.8, 4) is 5.75 Å². The molecule has 6 N–H and O–H groups in total. The largest absolute Gasteiger partial charge is 0.507 e. The smallest absolute Gasteiger partial charge is 0.341 e. The lowest BCUT2D eigenvalue weighted by molar-refractivity contribution is -0.115.